The molecule has 0 aliphatic carbocycles. The van der Waals surface area contributed by atoms with Gasteiger partial charge in [0.25, 0.3) is 6.43 Å². The highest BCUT2D eigenvalue weighted by molar-refractivity contribution is 5.13. The van der Waals surface area contributed by atoms with Crippen molar-refractivity contribution < 1.29 is 13.2 Å². The second kappa shape index (κ2) is 3.89. The fraction of sp³-hybridized carbons (Fsp3) is 0.700. The van der Waals surface area contributed by atoms with Crippen LogP contribution in [0.4, 0.5) is 8.78 Å². The summed E-state index contributed by atoms with van der Waals surface area (Å²) in [6, 6.07) is 0. The monoisotopic (exact) mass is 218 g/mol. The maximum Gasteiger partial charge on any atom is 0.283 e. The zero-order valence-corrected chi connectivity index (χ0v) is 9.64. The molecular weight excluding hydrogens is 202 g/mol. The Kier molecular flexibility index (Phi) is 3.13. The van der Waals surface area contributed by atoms with Crippen LogP contribution in [0.25, 0.3) is 0 Å². The minimum atomic E-state index is -2.58. The Bertz CT molecular complexity index is 345. The zero-order valence-electron chi connectivity index (χ0n) is 9.64. The molecule has 1 rings (SSSR count). The Balaban J connectivity index is 3.12. The molecule has 5 heteroatoms. The minimum Gasteiger partial charge on any atom is -0.443 e. The first kappa shape index (κ1) is 12.1. The Labute approximate surface area is 88.1 Å². The van der Waals surface area contributed by atoms with Crippen molar-refractivity contribution in [2.75, 3.05) is 14.1 Å². The first-order valence-electron chi connectivity index (χ1n) is 4.70. The van der Waals surface area contributed by atoms with Gasteiger partial charge in [-0.05, 0) is 34.9 Å². The molecule has 1 heterocycles. The molecule has 0 N–H and O–H groups in total. The predicted octanol–water partition coefficient (Wildman–Crippen LogP) is 2.72. The van der Waals surface area contributed by atoms with Crippen molar-refractivity contribution in [2.45, 2.75) is 32.7 Å². The molecule has 0 aromatic carbocycles. The van der Waals surface area contributed by atoms with Crippen LogP contribution in [-0.4, -0.2) is 24.0 Å². The minimum absolute atomic E-state index is 0.190. The summed E-state index contributed by atoms with van der Waals surface area (Å²) in [6.07, 6.45) is -2.58. The fourth-order valence-corrected chi connectivity index (χ4v) is 1.06. The van der Waals surface area contributed by atoms with Gasteiger partial charge >= 0.3 is 0 Å². The standard InChI is InChI=1S/C10H16F2N2O/c1-6-7(8(11)12)13-9(15-6)10(2,3)14(4)5/h8H,1-5H3. The average Bonchev–Trinajstić information content (AvgIpc) is 2.47. The van der Waals surface area contributed by atoms with Gasteiger partial charge in [-0.15, -0.1) is 0 Å². The summed E-state index contributed by atoms with van der Waals surface area (Å²) in [6.45, 7) is 5.24. The van der Waals surface area contributed by atoms with Crippen LogP contribution in [0.1, 0.15) is 37.6 Å². The number of aromatic nitrogens is 1. The molecule has 0 fully saturated rings. The van der Waals surface area contributed by atoms with Crippen molar-refractivity contribution in [1.82, 2.24) is 9.88 Å². The third-order valence-electron chi connectivity index (χ3n) is 2.68. The number of nitrogens with zero attached hydrogens (tertiary/aromatic N) is 2. The highest BCUT2D eigenvalue weighted by Crippen LogP contribution is 2.29. The first-order valence-corrected chi connectivity index (χ1v) is 4.70. The van der Waals surface area contributed by atoms with E-state index in [4.69, 9.17) is 4.42 Å². The molecule has 0 unspecified atom stereocenters. The van der Waals surface area contributed by atoms with E-state index in [1.807, 2.05) is 32.8 Å². The molecule has 86 valence electrons. The molecule has 0 atom stereocenters. The number of hydrogen-bond donors (Lipinski definition) is 0. The van der Waals surface area contributed by atoms with Gasteiger partial charge in [0.1, 0.15) is 11.5 Å². The van der Waals surface area contributed by atoms with Gasteiger partial charge in [-0.3, -0.25) is 4.90 Å². The van der Waals surface area contributed by atoms with E-state index in [1.54, 1.807) is 0 Å². The summed E-state index contributed by atoms with van der Waals surface area (Å²) in [5.41, 5.74) is -0.752. The van der Waals surface area contributed by atoms with E-state index in [0.29, 0.717) is 5.89 Å². The largest absolute Gasteiger partial charge is 0.443 e. The molecular formula is C10H16F2N2O. The molecule has 1 aromatic rings. The Morgan fingerprint density at radius 3 is 2.20 bits per heavy atom. The average molecular weight is 218 g/mol. The van der Waals surface area contributed by atoms with Gasteiger partial charge in [-0.1, -0.05) is 0 Å². The molecule has 0 radical (unpaired) electrons. The molecule has 0 spiro atoms. The SMILES string of the molecule is Cc1oc(C(C)(C)N(C)C)nc1C(F)F. The quantitative estimate of drug-likeness (QED) is 0.781. The molecule has 3 nitrogen and oxygen atoms in total. The van der Waals surface area contributed by atoms with Gasteiger partial charge in [0.05, 0.1) is 5.54 Å². The number of rotatable bonds is 3. The van der Waals surface area contributed by atoms with Crippen molar-refractivity contribution >= 4 is 0 Å². The molecule has 0 aliphatic rings. The van der Waals surface area contributed by atoms with Crippen molar-refractivity contribution in [2.24, 2.45) is 0 Å². The van der Waals surface area contributed by atoms with Gasteiger partial charge in [0, 0.05) is 0 Å². The smallest absolute Gasteiger partial charge is 0.283 e. The first-order chi connectivity index (χ1) is 6.76. The van der Waals surface area contributed by atoms with Crippen LogP contribution in [0.5, 0.6) is 0 Å². The molecule has 0 bridgehead atoms. The van der Waals surface area contributed by atoms with E-state index in [1.165, 1.54) is 6.92 Å². The number of aryl methyl sites for hydroxylation is 1. The lowest BCUT2D eigenvalue weighted by Gasteiger charge is -2.28. The summed E-state index contributed by atoms with van der Waals surface area (Å²) < 4.78 is 30.3. The number of alkyl halides is 2. The van der Waals surface area contributed by atoms with Crippen LogP contribution in [0.2, 0.25) is 0 Å². The van der Waals surface area contributed by atoms with Crippen molar-refractivity contribution in [3.63, 3.8) is 0 Å². The third-order valence-corrected chi connectivity index (χ3v) is 2.68. The molecule has 0 amide bonds. The third kappa shape index (κ3) is 2.17. The second-order valence-corrected chi connectivity index (χ2v) is 4.21. The lowest BCUT2D eigenvalue weighted by molar-refractivity contribution is 0.144. The molecule has 0 saturated heterocycles. The lowest BCUT2D eigenvalue weighted by atomic mass is 10.0. The van der Waals surface area contributed by atoms with Gasteiger partial charge in [-0.25, -0.2) is 13.8 Å². The molecule has 1 aromatic heterocycles. The zero-order chi connectivity index (χ0) is 11.8. The number of halogens is 2. The molecule has 0 aliphatic heterocycles. The Hall–Kier alpha value is -0.970. The van der Waals surface area contributed by atoms with E-state index in [-0.39, 0.29) is 11.5 Å². The summed E-state index contributed by atoms with van der Waals surface area (Å²) in [5.74, 6) is 0.509. The van der Waals surface area contributed by atoms with Gasteiger partial charge in [0.15, 0.2) is 0 Å². The van der Waals surface area contributed by atoms with Crippen molar-refractivity contribution in [3.05, 3.63) is 17.3 Å². The summed E-state index contributed by atoms with van der Waals surface area (Å²) in [4.78, 5) is 5.71. The molecule has 15 heavy (non-hydrogen) atoms. The summed E-state index contributed by atoms with van der Waals surface area (Å²) >= 11 is 0. The van der Waals surface area contributed by atoms with E-state index in [9.17, 15) is 8.78 Å². The predicted molar refractivity (Wildman–Crippen MR) is 52.9 cm³/mol. The maximum absolute atomic E-state index is 12.5. The van der Waals surface area contributed by atoms with Crippen molar-refractivity contribution in [1.29, 1.82) is 0 Å². The second-order valence-electron chi connectivity index (χ2n) is 4.21. The van der Waals surface area contributed by atoms with E-state index in [0.717, 1.165) is 0 Å². The van der Waals surface area contributed by atoms with Gasteiger partial charge in [0.2, 0.25) is 5.89 Å². The Morgan fingerprint density at radius 1 is 1.33 bits per heavy atom. The van der Waals surface area contributed by atoms with Crippen LogP contribution in [-0.2, 0) is 5.54 Å². The lowest BCUT2D eigenvalue weighted by Crippen LogP contribution is -2.35. The van der Waals surface area contributed by atoms with E-state index < -0.39 is 12.0 Å². The fourth-order valence-electron chi connectivity index (χ4n) is 1.06. The highest BCUT2D eigenvalue weighted by atomic mass is 19.3. The topological polar surface area (TPSA) is 29.3 Å². The highest BCUT2D eigenvalue weighted by Gasteiger charge is 2.31. The summed E-state index contributed by atoms with van der Waals surface area (Å²) in [5, 5.41) is 0. The van der Waals surface area contributed by atoms with Crippen LogP contribution >= 0.6 is 0 Å². The van der Waals surface area contributed by atoms with Crippen molar-refractivity contribution in [3.8, 4) is 0 Å². The number of oxazole rings is 1. The Morgan fingerprint density at radius 2 is 1.87 bits per heavy atom. The van der Waals surface area contributed by atoms with E-state index in [2.05, 4.69) is 4.98 Å². The van der Waals surface area contributed by atoms with Crippen LogP contribution < -0.4 is 0 Å². The maximum atomic E-state index is 12.5. The van der Waals surface area contributed by atoms with Crippen LogP contribution in [0.15, 0.2) is 4.42 Å². The van der Waals surface area contributed by atoms with Crippen LogP contribution in [0, 0.1) is 6.92 Å². The van der Waals surface area contributed by atoms with Gasteiger partial charge < -0.3 is 4.42 Å². The van der Waals surface area contributed by atoms with Crippen LogP contribution in [0.3, 0.4) is 0 Å². The number of hydrogen-bond acceptors (Lipinski definition) is 3. The van der Waals surface area contributed by atoms with E-state index >= 15 is 0 Å². The van der Waals surface area contributed by atoms with Gasteiger partial charge in [-0.2, -0.15) is 0 Å². The normalized spacial score (nSPS) is 12.9. The molecule has 0 saturated carbocycles. The summed E-state index contributed by atoms with van der Waals surface area (Å²) in [7, 11) is 3.70.